The van der Waals surface area contributed by atoms with Crippen LogP contribution in [0.15, 0.2) is 18.3 Å². The number of esters is 3. The van der Waals surface area contributed by atoms with Gasteiger partial charge in [-0.1, -0.05) is 0 Å². The van der Waals surface area contributed by atoms with Crippen molar-refractivity contribution in [1.29, 1.82) is 0 Å². The molecule has 0 aliphatic rings. The highest BCUT2D eigenvalue weighted by molar-refractivity contribution is 5.91. The fourth-order valence-electron chi connectivity index (χ4n) is 1.19. The Morgan fingerprint density at radius 2 is 2.00 bits per heavy atom. The van der Waals surface area contributed by atoms with Crippen LogP contribution in [0, 0.1) is 0 Å². The molecule has 0 amide bonds. The van der Waals surface area contributed by atoms with Gasteiger partial charge in [0.1, 0.15) is 5.69 Å². The maximum atomic E-state index is 11.6. The van der Waals surface area contributed by atoms with Gasteiger partial charge in [0.25, 0.3) is 0 Å². The first kappa shape index (κ1) is 13.8. The maximum absolute atomic E-state index is 11.6. The molecule has 0 fully saturated rings. The zero-order chi connectivity index (χ0) is 13.5. The summed E-state index contributed by atoms with van der Waals surface area (Å²) in [5, 5.41) is 0. The van der Waals surface area contributed by atoms with E-state index in [0.717, 1.165) is 7.11 Å². The molecule has 1 aromatic heterocycles. The van der Waals surface area contributed by atoms with Gasteiger partial charge in [0.05, 0.1) is 20.6 Å². The highest BCUT2D eigenvalue weighted by Crippen LogP contribution is 2.07. The summed E-state index contributed by atoms with van der Waals surface area (Å²) < 4.78 is 13.7. The Morgan fingerprint density at radius 1 is 1.28 bits per heavy atom. The Morgan fingerprint density at radius 3 is 2.50 bits per heavy atom. The second-order valence-electron chi connectivity index (χ2n) is 3.28. The van der Waals surface area contributed by atoms with Crippen molar-refractivity contribution in [1.82, 2.24) is 4.98 Å². The SMILES string of the molecule is COC(=O)CC(OC(=O)c1ccc[nH]1)C(=O)OC. The molecule has 0 radical (unpaired) electrons. The second-order valence-corrected chi connectivity index (χ2v) is 3.28. The Hall–Kier alpha value is -2.31. The van der Waals surface area contributed by atoms with Gasteiger partial charge in [-0.05, 0) is 12.1 Å². The van der Waals surface area contributed by atoms with Crippen LogP contribution in [-0.2, 0) is 23.8 Å². The minimum atomic E-state index is -1.32. The van der Waals surface area contributed by atoms with Crippen molar-refractivity contribution >= 4 is 17.9 Å². The van der Waals surface area contributed by atoms with Crippen LogP contribution in [-0.4, -0.2) is 43.2 Å². The zero-order valence-corrected chi connectivity index (χ0v) is 9.97. The molecule has 0 bridgehead atoms. The van der Waals surface area contributed by atoms with Crippen LogP contribution in [0.1, 0.15) is 16.9 Å². The van der Waals surface area contributed by atoms with Gasteiger partial charge < -0.3 is 19.2 Å². The van der Waals surface area contributed by atoms with Crippen molar-refractivity contribution in [3.63, 3.8) is 0 Å². The molecule has 0 aromatic carbocycles. The predicted octanol–water partition coefficient (Wildman–Crippen LogP) is 0.276. The van der Waals surface area contributed by atoms with Crippen LogP contribution in [0.4, 0.5) is 0 Å². The van der Waals surface area contributed by atoms with E-state index in [1.54, 1.807) is 6.07 Å². The number of carbonyl (C=O) groups is 3. The molecule has 1 unspecified atom stereocenters. The molecular formula is C11H13NO6. The summed E-state index contributed by atoms with van der Waals surface area (Å²) in [5.41, 5.74) is 0.175. The largest absolute Gasteiger partial charge is 0.469 e. The van der Waals surface area contributed by atoms with Gasteiger partial charge in [0.2, 0.25) is 6.10 Å². The first-order valence-corrected chi connectivity index (χ1v) is 5.07. The Bertz CT molecular complexity index is 425. The van der Waals surface area contributed by atoms with Crippen molar-refractivity contribution in [2.24, 2.45) is 0 Å². The van der Waals surface area contributed by atoms with Crippen LogP contribution in [0.3, 0.4) is 0 Å². The lowest BCUT2D eigenvalue weighted by Gasteiger charge is -2.13. The number of rotatable bonds is 5. The molecule has 18 heavy (non-hydrogen) atoms. The van der Waals surface area contributed by atoms with Crippen LogP contribution in [0.25, 0.3) is 0 Å². The minimum absolute atomic E-state index is 0.175. The molecular weight excluding hydrogens is 242 g/mol. The molecule has 0 aliphatic heterocycles. The van der Waals surface area contributed by atoms with E-state index >= 15 is 0 Å². The third-order valence-corrected chi connectivity index (χ3v) is 2.11. The van der Waals surface area contributed by atoms with E-state index in [4.69, 9.17) is 4.74 Å². The predicted molar refractivity (Wildman–Crippen MR) is 58.6 cm³/mol. The van der Waals surface area contributed by atoms with Gasteiger partial charge in [-0.2, -0.15) is 0 Å². The summed E-state index contributed by atoms with van der Waals surface area (Å²) in [4.78, 5) is 36.6. The summed E-state index contributed by atoms with van der Waals surface area (Å²) in [6, 6.07) is 3.08. The smallest absolute Gasteiger partial charge is 0.355 e. The fraction of sp³-hybridized carbons (Fsp3) is 0.364. The highest BCUT2D eigenvalue weighted by Gasteiger charge is 2.28. The van der Waals surface area contributed by atoms with Crippen molar-refractivity contribution in [2.45, 2.75) is 12.5 Å². The normalized spacial score (nSPS) is 11.4. The van der Waals surface area contributed by atoms with E-state index in [-0.39, 0.29) is 5.69 Å². The number of methoxy groups -OCH3 is 2. The molecule has 0 spiro atoms. The van der Waals surface area contributed by atoms with Crippen LogP contribution < -0.4 is 0 Å². The van der Waals surface area contributed by atoms with E-state index in [1.165, 1.54) is 19.4 Å². The molecule has 0 aliphatic carbocycles. The van der Waals surface area contributed by atoms with Gasteiger partial charge in [0.15, 0.2) is 0 Å². The van der Waals surface area contributed by atoms with E-state index in [1.807, 2.05) is 0 Å². The summed E-state index contributed by atoms with van der Waals surface area (Å²) in [5.74, 6) is -2.25. The molecule has 1 aromatic rings. The summed E-state index contributed by atoms with van der Waals surface area (Å²) in [6.07, 6.45) is -0.183. The summed E-state index contributed by atoms with van der Waals surface area (Å²) in [6.45, 7) is 0. The van der Waals surface area contributed by atoms with Crippen LogP contribution in [0.2, 0.25) is 0 Å². The minimum Gasteiger partial charge on any atom is -0.469 e. The lowest BCUT2D eigenvalue weighted by molar-refractivity contribution is -0.157. The van der Waals surface area contributed by atoms with Gasteiger partial charge in [0, 0.05) is 6.20 Å². The molecule has 1 atom stereocenters. The van der Waals surface area contributed by atoms with E-state index < -0.39 is 30.4 Å². The van der Waals surface area contributed by atoms with Crippen LogP contribution >= 0.6 is 0 Å². The van der Waals surface area contributed by atoms with Gasteiger partial charge in [-0.15, -0.1) is 0 Å². The van der Waals surface area contributed by atoms with Crippen molar-refractivity contribution in [2.75, 3.05) is 14.2 Å². The van der Waals surface area contributed by atoms with Gasteiger partial charge >= 0.3 is 17.9 Å². The quantitative estimate of drug-likeness (QED) is 0.599. The molecule has 98 valence electrons. The monoisotopic (exact) mass is 255 g/mol. The third-order valence-electron chi connectivity index (χ3n) is 2.11. The lowest BCUT2D eigenvalue weighted by atomic mass is 10.2. The number of hydrogen-bond acceptors (Lipinski definition) is 6. The first-order valence-electron chi connectivity index (χ1n) is 5.07. The number of H-pyrrole nitrogens is 1. The molecule has 1 heterocycles. The Kier molecular flexibility index (Phi) is 4.91. The lowest BCUT2D eigenvalue weighted by Crippen LogP contribution is -2.31. The molecule has 7 heteroatoms. The number of ether oxygens (including phenoxy) is 3. The zero-order valence-electron chi connectivity index (χ0n) is 9.97. The van der Waals surface area contributed by atoms with Gasteiger partial charge in [-0.3, -0.25) is 4.79 Å². The van der Waals surface area contributed by atoms with Crippen molar-refractivity contribution in [3.05, 3.63) is 24.0 Å². The second kappa shape index (κ2) is 6.43. The topological polar surface area (TPSA) is 94.7 Å². The van der Waals surface area contributed by atoms with Crippen LogP contribution in [0.5, 0.6) is 0 Å². The van der Waals surface area contributed by atoms with E-state index in [2.05, 4.69) is 14.5 Å². The number of hydrogen-bond donors (Lipinski definition) is 1. The fourth-order valence-corrected chi connectivity index (χ4v) is 1.19. The van der Waals surface area contributed by atoms with Crippen molar-refractivity contribution < 1.29 is 28.6 Å². The first-order chi connectivity index (χ1) is 8.58. The standard InChI is InChI=1S/C11H13NO6/c1-16-9(13)6-8(11(15)17-2)18-10(14)7-4-3-5-12-7/h3-5,8,12H,6H2,1-2H3. The molecule has 1 N–H and O–H groups in total. The number of aromatic amines is 1. The molecule has 1 rings (SSSR count). The summed E-state index contributed by atoms with van der Waals surface area (Å²) in [7, 11) is 2.30. The molecule has 0 saturated heterocycles. The average Bonchev–Trinajstić information content (AvgIpc) is 2.90. The number of nitrogens with one attached hydrogen (secondary N) is 1. The Labute approximate surface area is 103 Å². The number of carbonyl (C=O) groups excluding carboxylic acids is 3. The molecule has 7 nitrogen and oxygen atoms in total. The van der Waals surface area contributed by atoms with E-state index in [0.29, 0.717) is 0 Å². The van der Waals surface area contributed by atoms with Crippen molar-refractivity contribution in [3.8, 4) is 0 Å². The maximum Gasteiger partial charge on any atom is 0.355 e. The summed E-state index contributed by atoms with van der Waals surface area (Å²) >= 11 is 0. The highest BCUT2D eigenvalue weighted by atomic mass is 16.6. The molecule has 0 saturated carbocycles. The van der Waals surface area contributed by atoms with Gasteiger partial charge in [-0.25, -0.2) is 9.59 Å². The average molecular weight is 255 g/mol. The Balaban J connectivity index is 2.69. The third kappa shape index (κ3) is 3.62. The van der Waals surface area contributed by atoms with E-state index in [9.17, 15) is 14.4 Å². The number of aromatic nitrogens is 1.